The molecule has 18 heavy (non-hydrogen) atoms. The third-order valence-electron chi connectivity index (χ3n) is 2.40. The fraction of sp³-hybridized carbons (Fsp3) is 0.714. The fourth-order valence-electron chi connectivity index (χ4n) is 1.55. The molecule has 0 aliphatic carbocycles. The Hall–Kier alpha value is -1.32. The Labute approximate surface area is 109 Å². The van der Waals surface area contributed by atoms with Gasteiger partial charge in [0.05, 0.1) is 12.3 Å². The molecule has 0 bridgehead atoms. The second kappa shape index (κ2) is 5.55. The summed E-state index contributed by atoms with van der Waals surface area (Å²) in [6.45, 7) is 12.3. The second-order valence-electron chi connectivity index (χ2n) is 5.86. The molecule has 1 rings (SSSR count). The van der Waals surface area contributed by atoms with Crippen molar-refractivity contribution in [3.8, 4) is 0 Å². The van der Waals surface area contributed by atoms with Crippen LogP contribution >= 0.6 is 0 Å². The topological polar surface area (TPSA) is 52.3 Å². The van der Waals surface area contributed by atoms with Crippen LogP contribution in [0.3, 0.4) is 0 Å². The largest absolute Gasteiger partial charge is 0.460 e. The first-order chi connectivity index (χ1) is 8.25. The van der Waals surface area contributed by atoms with Crippen LogP contribution in [0, 0.1) is 5.92 Å². The molecular formula is C14H23NO3. The van der Waals surface area contributed by atoms with Crippen molar-refractivity contribution >= 4 is 5.97 Å². The predicted octanol–water partition coefficient (Wildman–Crippen LogP) is 3.35. The highest BCUT2D eigenvalue weighted by molar-refractivity contribution is 5.87. The lowest BCUT2D eigenvalue weighted by Crippen LogP contribution is -2.11. The van der Waals surface area contributed by atoms with E-state index in [9.17, 15) is 4.79 Å². The SMILES string of the molecule is CCOC(=O)c1oc(C(C)(C)C)nc1CC(C)C. The lowest BCUT2D eigenvalue weighted by atomic mass is 9.97. The molecule has 4 heteroatoms. The molecule has 0 aliphatic rings. The number of oxazole rings is 1. The molecule has 102 valence electrons. The van der Waals surface area contributed by atoms with Crippen molar-refractivity contribution in [2.24, 2.45) is 5.92 Å². The quantitative estimate of drug-likeness (QED) is 0.772. The molecule has 1 aromatic rings. The minimum absolute atomic E-state index is 0.212. The van der Waals surface area contributed by atoms with Crippen molar-refractivity contribution in [2.45, 2.75) is 53.4 Å². The Bertz CT molecular complexity index is 413. The minimum Gasteiger partial charge on any atom is -0.460 e. The van der Waals surface area contributed by atoms with Gasteiger partial charge in [0.2, 0.25) is 11.7 Å². The number of hydrogen-bond acceptors (Lipinski definition) is 4. The summed E-state index contributed by atoms with van der Waals surface area (Å²) in [5.74, 6) is 0.837. The van der Waals surface area contributed by atoms with Crippen LogP contribution in [0.1, 0.15) is 63.7 Å². The summed E-state index contributed by atoms with van der Waals surface area (Å²) < 4.78 is 10.6. The van der Waals surface area contributed by atoms with Gasteiger partial charge >= 0.3 is 5.97 Å². The summed E-state index contributed by atoms with van der Waals surface area (Å²) in [4.78, 5) is 16.3. The molecule has 0 unspecified atom stereocenters. The lowest BCUT2D eigenvalue weighted by molar-refractivity contribution is 0.0484. The van der Waals surface area contributed by atoms with Crippen molar-refractivity contribution < 1.29 is 13.9 Å². The van der Waals surface area contributed by atoms with Crippen LogP contribution in [0.25, 0.3) is 0 Å². The van der Waals surface area contributed by atoms with Gasteiger partial charge in [-0.05, 0) is 19.3 Å². The molecule has 0 amide bonds. The van der Waals surface area contributed by atoms with E-state index in [4.69, 9.17) is 9.15 Å². The van der Waals surface area contributed by atoms with Gasteiger partial charge in [-0.25, -0.2) is 9.78 Å². The maximum absolute atomic E-state index is 11.8. The Morgan fingerprint density at radius 3 is 2.44 bits per heavy atom. The minimum atomic E-state index is -0.420. The monoisotopic (exact) mass is 253 g/mol. The van der Waals surface area contributed by atoms with Gasteiger partial charge in [0.1, 0.15) is 0 Å². The first-order valence-electron chi connectivity index (χ1n) is 6.43. The Morgan fingerprint density at radius 1 is 1.39 bits per heavy atom. The van der Waals surface area contributed by atoms with Gasteiger partial charge in [-0.2, -0.15) is 0 Å². The molecule has 0 aromatic carbocycles. The van der Waals surface area contributed by atoms with E-state index in [-0.39, 0.29) is 11.2 Å². The molecule has 0 saturated carbocycles. The van der Waals surface area contributed by atoms with Crippen LogP contribution in [0.2, 0.25) is 0 Å². The molecule has 0 fully saturated rings. The zero-order chi connectivity index (χ0) is 13.9. The number of rotatable bonds is 4. The highest BCUT2D eigenvalue weighted by Crippen LogP contribution is 2.25. The number of ether oxygens (including phenoxy) is 1. The summed E-state index contributed by atoms with van der Waals surface area (Å²) >= 11 is 0. The van der Waals surface area contributed by atoms with E-state index in [2.05, 4.69) is 18.8 Å². The molecule has 0 radical (unpaired) electrons. The Balaban J connectivity index is 3.12. The van der Waals surface area contributed by atoms with Gasteiger partial charge < -0.3 is 9.15 Å². The van der Waals surface area contributed by atoms with Crippen LogP contribution in [0.15, 0.2) is 4.42 Å². The average molecular weight is 253 g/mol. The number of hydrogen-bond donors (Lipinski definition) is 0. The van der Waals surface area contributed by atoms with E-state index >= 15 is 0 Å². The molecule has 0 saturated heterocycles. The molecule has 0 N–H and O–H groups in total. The summed E-state index contributed by atoms with van der Waals surface area (Å²) in [6, 6.07) is 0. The highest BCUT2D eigenvalue weighted by atomic mass is 16.5. The second-order valence-corrected chi connectivity index (χ2v) is 5.86. The van der Waals surface area contributed by atoms with Crippen LogP contribution in [0.5, 0.6) is 0 Å². The van der Waals surface area contributed by atoms with E-state index in [0.29, 0.717) is 30.5 Å². The first-order valence-corrected chi connectivity index (χ1v) is 6.43. The lowest BCUT2D eigenvalue weighted by Gasteiger charge is -2.12. The van der Waals surface area contributed by atoms with Crippen molar-refractivity contribution in [3.05, 3.63) is 17.3 Å². The molecule has 4 nitrogen and oxygen atoms in total. The normalized spacial score (nSPS) is 11.9. The third-order valence-corrected chi connectivity index (χ3v) is 2.40. The Morgan fingerprint density at radius 2 is 2.00 bits per heavy atom. The molecule has 0 aliphatic heterocycles. The van der Waals surface area contributed by atoms with Gasteiger partial charge in [-0.3, -0.25) is 0 Å². The third kappa shape index (κ3) is 3.59. The maximum Gasteiger partial charge on any atom is 0.376 e. The van der Waals surface area contributed by atoms with Crippen molar-refractivity contribution in [3.63, 3.8) is 0 Å². The van der Waals surface area contributed by atoms with Crippen LogP contribution in [-0.2, 0) is 16.6 Å². The van der Waals surface area contributed by atoms with E-state index in [1.54, 1.807) is 6.92 Å². The van der Waals surface area contributed by atoms with Gasteiger partial charge in [-0.1, -0.05) is 34.6 Å². The van der Waals surface area contributed by atoms with Crippen molar-refractivity contribution in [2.75, 3.05) is 6.61 Å². The number of nitrogens with zero attached hydrogens (tertiary/aromatic N) is 1. The molecule has 1 aromatic heterocycles. The predicted molar refractivity (Wildman–Crippen MR) is 69.7 cm³/mol. The fourth-order valence-corrected chi connectivity index (χ4v) is 1.55. The Kier molecular flexibility index (Phi) is 4.54. The number of esters is 1. The molecule has 0 spiro atoms. The maximum atomic E-state index is 11.8. The van der Waals surface area contributed by atoms with E-state index in [1.165, 1.54) is 0 Å². The van der Waals surface area contributed by atoms with Crippen LogP contribution in [-0.4, -0.2) is 17.6 Å². The summed E-state index contributed by atoms with van der Waals surface area (Å²) in [5, 5.41) is 0. The van der Waals surface area contributed by atoms with E-state index in [1.807, 2.05) is 20.8 Å². The standard InChI is InChI=1S/C14H23NO3/c1-7-17-12(16)11-10(8-9(2)3)15-13(18-11)14(4,5)6/h9H,7-8H2,1-6H3. The van der Waals surface area contributed by atoms with E-state index < -0.39 is 5.97 Å². The smallest absolute Gasteiger partial charge is 0.376 e. The summed E-state index contributed by atoms with van der Waals surface area (Å²) in [6.07, 6.45) is 0.716. The first kappa shape index (κ1) is 14.7. The number of carbonyl (C=O) groups excluding carboxylic acids is 1. The number of carbonyl (C=O) groups is 1. The van der Waals surface area contributed by atoms with Crippen molar-refractivity contribution in [1.29, 1.82) is 0 Å². The van der Waals surface area contributed by atoms with Crippen LogP contribution < -0.4 is 0 Å². The zero-order valence-corrected chi connectivity index (χ0v) is 12.2. The zero-order valence-electron chi connectivity index (χ0n) is 12.2. The van der Waals surface area contributed by atoms with Crippen LogP contribution in [0.4, 0.5) is 0 Å². The number of aromatic nitrogens is 1. The highest BCUT2D eigenvalue weighted by Gasteiger charge is 2.27. The van der Waals surface area contributed by atoms with Gasteiger partial charge in [0, 0.05) is 5.41 Å². The molecule has 0 atom stereocenters. The van der Waals surface area contributed by atoms with E-state index in [0.717, 1.165) is 0 Å². The van der Waals surface area contributed by atoms with Gasteiger partial charge in [-0.15, -0.1) is 0 Å². The molecular weight excluding hydrogens is 230 g/mol. The summed E-state index contributed by atoms with van der Waals surface area (Å²) in [7, 11) is 0. The molecule has 1 heterocycles. The van der Waals surface area contributed by atoms with Gasteiger partial charge in [0.15, 0.2) is 0 Å². The van der Waals surface area contributed by atoms with Gasteiger partial charge in [0.25, 0.3) is 0 Å². The average Bonchev–Trinajstić information content (AvgIpc) is 2.60. The van der Waals surface area contributed by atoms with Crippen molar-refractivity contribution in [1.82, 2.24) is 4.98 Å². The summed E-state index contributed by atoms with van der Waals surface area (Å²) in [5.41, 5.74) is 0.490.